The van der Waals surface area contributed by atoms with Crippen molar-refractivity contribution in [3.63, 3.8) is 0 Å². The standard InChI is InChI=1S/C13H22N4O/c1-10(2)7-12(13(18)17(3)4)15-8-11-5-6-14-9-16-11/h5-6,9-10,12,15H,7-8H2,1-4H3. The molecule has 1 aromatic rings. The molecule has 0 aliphatic heterocycles. The van der Waals surface area contributed by atoms with E-state index in [9.17, 15) is 4.79 Å². The summed E-state index contributed by atoms with van der Waals surface area (Å²) in [7, 11) is 3.56. The Morgan fingerprint density at radius 1 is 1.44 bits per heavy atom. The van der Waals surface area contributed by atoms with Crippen LogP contribution in [-0.4, -0.2) is 40.9 Å². The minimum absolute atomic E-state index is 0.109. The zero-order chi connectivity index (χ0) is 13.5. The van der Waals surface area contributed by atoms with Gasteiger partial charge in [0.15, 0.2) is 0 Å². The van der Waals surface area contributed by atoms with Gasteiger partial charge in [0.1, 0.15) is 6.33 Å². The number of amides is 1. The summed E-state index contributed by atoms with van der Waals surface area (Å²) in [6.07, 6.45) is 4.04. The molecule has 5 nitrogen and oxygen atoms in total. The van der Waals surface area contributed by atoms with E-state index in [0.717, 1.165) is 12.1 Å². The maximum absolute atomic E-state index is 12.0. The van der Waals surface area contributed by atoms with Crippen LogP contribution >= 0.6 is 0 Å². The molecule has 5 heteroatoms. The quantitative estimate of drug-likeness (QED) is 0.820. The van der Waals surface area contributed by atoms with Crippen LogP contribution in [0, 0.1) is 5.92 Å². The summed E-state index contributed by atoms with van der Waals surface area (Å²) < 4.78 is 0. The highest BCUT2D eigenvalue weighted by Gasteiger charge is 2.20. The van der Waals surface area contributed by atoms with E-state index in [-0.39, 0.29) is 11.9 Å². The van der Waals surface area contributed by atoms with Crippen molar-refractivity contribution in [1.82, 2.24) is 20.2 Å². The Morgan fingerprint density at radius 3 is 2.67 bits per heavy atom. The number of carbonyl (C=O) groups excluding carboxylic acids is 1. The lowest BCUT2D eigenvalue weighted by Gasteiger charge is -2.23. The van der Waals surface area contributed by atoms with Crippen LogP contribution in [0.2, 0.25) is 0 Å². The number of aromatic nitrogens is 2. The van der Waals surface area contributed by atoms with Gasteiger partial charge in [-0.25, -0.2) is 9.97 Å². The zero-order valence-corrected chi connectivity index (χ0v) is 11.6. The SMILES string of the molecule is CC(C)CC(NCc1ccncn1)C(=O)N(C)C. The predicted octanol–water partition coefficient (Wildman–Crippen LogP) is 1.07. The third kappa shape index (κ3) is 4.79. The number of nitrogens with one attached hydrogen (secondary N) is 1. The minimum Gasteiger partial charge on any atom is -0.347 e. The van der Waals surface area contributed by atoms with E-state index in [0.29, 0.717) is 12.5 Å². The van der Waals surface area contributed by atoms with E-state index in [4.69, 9.17) is 0 Å². The summed E-state index contributed by atoms with van der Waals surface area (Å²) in [5, 5.41) is 3.27. The summed E-state index contributed by atoms with van der Waals surface area (Å²) in [6, 6.07) is 1.69. The van der Waals surface area contributed by atoms with Gasteiger partial charge < -0.3 is 10.2 Å². The number of hydrogen-bond donors (Lipinski definition) is 1. The van der Waals surface area contributed by atoms with Crippen LogP contribution in [0.1, 0.15) is 26.0 Å². The van der Waals surface area contributed by atoms with E-state index < -0.39 is 0 Å². The molecule has 1 atom stereocenters. The van der Waals surface area contributed by atoms with E-state index >= 15 is 0 Å². The van der Waals surface area contributed by atoms with Crippen LogP contribution in [0.25, 0.3) is 0 Å². The lowest BCUT2D eigenvalue weighted by atomic mass is 10.0. The van der Waals surface area contributed by atoms with E-state index in [1.165, 1.54) is 6.33 Å². The molecule has 0 aliphatic rings. The summed E-state index contributed by atoms with van der Waals surface area (Å²) in [6.45, 7) is 4.81. The number of carbonyl (C=O) groups is 1. The van der Waals surface area contributed by atoms with Gasteiger partial charge in [0.25, 0.3) is 0 Å². The molecule has 1 amide bonds. The van der Waals surface area contributed by atoms with Gasteiger partial charge in [-0.05, 0) is 18.4 Å². The minimum atomic E-state index is -0.157. The highest BCUT2D eigenvalue weighted by Crippen LogP contribution is 2.07. The van der Waals surface area contributed by atoms with E-state index in [2.05, 4.69) is 29.1 Å². The molecule has 1 rings (SSSR count). The van der Waals surface area contributed by atoms with Crippen LogP contribution in [0.4, 0.5) is 0 Å². The third-order valence-corrected chi connectivity index (χ3v) is 2.62. The Balaban J connectivity index is 2.59. The molecule has 0 aromatic carbocycles. The average molecular weight is 250 g/mol. The Kier molecular flexibility index (Phi) is 5.71. The molecular weight excluding hydrogens is 228 g/mol. The van der Waals surface area contributed by atoms with Crippen molar-refractivity contribution in [3.8, 4) is 0 Å². The van der Waals surface area contributed by atoms with Crippen LogP contribution in [0.5, 0.6) is 0 Å². The first kappa shape index (κ1) is 14.6. The zero-order valence-electron chi connectivity index (χ0n) is 11.6. The van der Waals surface area contributed by atoms with Crippen molar-refractivity contribution in [2.24, 2.45) is 5.92 Å². The van der Waals surface area contributed by atoms with Gasteiger partial charge in [0.05, 0.1) is 11.7 Å². The van der Waals surface area contributed by atoms with Crippen molar-refractivity contribution in [3.05, 3.63) is 24.3 Å². The maximum atomic E-state index is 12.0. The fourth-order valence-corrected chi connectivity index (χ4v) is 1.70. The summed E-state index contributed by atoms with van der Waals surface area (Å²) in [5.41, 5.74) is 0.894. The van der Waals surface area contributed by atoms with Crippen LogP contribution < -0.4 is 5.32 Å². The fraction of sp³-hybridized carbons (Fsp3) is 0.615. The topological polar surface area (TPSA) is 58.1 Å². The van der Waals surface area contributed by atoms with Crippen LogP contribution in [-0.2, 0) is 11.3 Å². The molecule has 0 saturated carbocycles. The van der Waals surface area contributed by atoms with Crippen LogP contribution in [0.3, 0.4) is 0 Å². The van der Waals surface area contributed by atoms with Crippen molar-refractivity contribution >= 4 is 5.91 Å². The van der Waals surface area contributed by atoms with Gasteiger partial charge >= 0.3 is 0 Å². The monoisotopic (exact) mass is 250 g/mol. The highest BCUT2D eigenvalue weighted by atomic mass is 16.2. The smallest absolute Gasteiger partial charge is 0.239 e. The lowest BCUT2D eigenvalue weighted by Crippen LogP contribution is -2.44. The summed E-state index contributed by atoms with van der Waals surface area (Å²) >= 11 is 0. The molecule has 1 N–H and O–H groups in total. The number of likely N-dealkylation sites (N-methyl/N-ethyl adjacent to an activating group) is 1. The predicted molar refractivity (Wildman–Crippen MR) is 70.8 cm³/mol. The Bertz CT molecular complexity index is 365. The second-order valence-electron chi connectivity index (χ2n) is 5.00. The van der Waals surface area contributed by atoms with Gasteiger partial charge in [0.2, 0.25) is 5.91 Å². The molecule has 1 unspecified atom stereocenters. The summed E-state index contributed by atoms with van der Waals surface area (Å²) in [4.78, 5) is 21.7. The molecule has 18 heavy (non-hydrogen) atoms. The third-order valence-electron chi connectivity index (χ3n) is 2.62. The molecule has 100 valence electrons. The number of hydrogen-bond acceptors (Lipinski definition) is 4. The Labute approximate surface area is 109 Å². The molecule has 1 heterocycles. The molecule has 0 fully saturated rings. The molecule has 1 aromatic heterocycles. The molecule has 0 radical (unpaired) electrons. The first-order chi connectivity index (χ1) is 8.50. The Morgan fingerprint density at radius 2 is 2.17 bits per heavy atom. The van der Waals surface area contributed by atoms with Crippen molar-refractivity contribution < 1.29 is 4.79 Å². The highest BCUT2D eigenvalue weighted by molar-refractivity contribution is 5.81. The summed E-state index contributed by atoms with van der Waals surface area (Å²) in [5.74, 6) is 0.578. The fourth-order valence-electron chi connectivity index (χ4n) is 1.70. The normalized spacial score (nSPS) is 12.5. The van der Waals surface area contributed by atoms with Gasteiger partial charge in [-0.1, -0.05) is 13.8 Å². The molecular formula is C13H22N4O. The van der Waals surface area contributed by atoms with E-state index in [1.807, 2.05) is 6.07 Å². The second kappa shape index (κ2) is 7.06. The van der Waals surface area contributed by atoms with E-state index in [1.54, 1.807) is 25.2 Å². The van der Waals surface area contributed by atoms with Gasteiger partial charge in [-0.3, -0.25) is 4.79 Å². The van der Waals surface area contributed by atoms with Gasteiger partial charge in [0, 0.05) is 26.8 Å². The average Bonchev–Trinajstić information content (AvgIpc) is 2.34. The van der Waals surface area contributed by atoms with Crippen molar-refractivity contribution in [2.45, 2.75) is 32.9 Å². The number of rotatable bonds is 6. The van der Waals surface area contributed by atoms with Gasteiger partial charge in [-0.15, -0.1) is 0 Å². The number of nitrogens with zero attached hydrogens (tertiary/aromatic N) is 3. The first-order valence-electron chi connectivity index (χ1n) is 6.20. The largest absolute Gasteiger partial charge is 0.347 e. The van der Waals surface area contributed by atoms with Gasteiger partial charge in [-0.2, -0.15) is 0 Å². The first-order valence-corrected chi connectivity index (χ1v) is 6.20. The molecule has 0 spiro atoms. The Hall–Kier alpha value is -1.49. The molecule has 0 aliphatic carbocycles. The molecule has 0 saturated heterocycles. The molecule has 0 bridgehead atoms. The van der Waals surface area contributed by atoms with Crippen LogP contribution in [0.15, 0.2) is 18.6 Å². The second-order valence-corrected chi connectivity index (χ2v) is 5.00. The lowest BCUT2D eigenvalue weighted by molar-refractivity contribution is -0.131. The van der Waals surface area contributed by atoms with Crippen molar-refractivity contribution in [2.75, 3.05) is 14.1 Å². The van der Waals surface area contributed by atoms with Crippen molar-refractivity contribution in [1.29, 1.82) is 0 Å². The maximum Gasteiger partial charge on any atom is 0.239 e.